The molecule has 1 rings (SSSR count). The van der Waals surface area contributed by atoms with Crippen LogP contribution in [-0.4, -0.2) is 5.97 Å². The second-order valence-corrected chi connectivity index (χ2v) is 2.71. The molecule has 0 fully saturated rings. The van der Waals surface area contributed by atoms with Crippen LogP contribution in [0.5, 0.6) is 5.75 Å². The SMILES string of the molecule is CC(=O)Oc1ccc(/C=C/Cl)cc1. The van der Waals surface area contributed by atoms with E-state index >= 15 is 0 Å². The van der Waals surface area contributed by atoms with Crippen molar-refractivity contribution in [2.45, 2.75) is 6.92 Å². The zero-order valence-corrected chi connectivity index (χ0v) is 7.91. The molecule has 1 aromatic rings. The Kier molecular flexibility index (Phi) is 3.53. The predicted octanol–water partition coefficient (Wildman–Crippen LogP) is 2.82. The third kappa shape index (κ3) is 3.30. The molecule has 13 heavy (non-hydrogen) atoms. The molecule has 0 amide bonds. The molecular weight excluding hydrogens is 188 g/mol. The summed E-state index contributed by atoms with van der Waals surface area (Å²) in [6, 6.07) is 7.07. The highest BCUT2D eigenvalue weighted by molar-refractivity contribution is 6.27. The van der Waals surface area contributed by atoms with E-state index in [1.165, 1.54) is 12.5 Å². The molecule has 0 heterocycles. The molecule has 0 N–H and O–H groups in total. The highest BCUT2D eigenvalue weighted by Gasteiger charge is 1.95. The normalized spacial score (nSPS) is 10.3. The van der Waals surface area contributed by atoms with Crippen LogP contribution in [0.4, 0.5) is 0 Å². The quantitative estimate of drug-likeness (QED) is 0.537. The van der Waals surface area contributed by atoms with Gasteiger partial charge in [-0.15, -0.1) is 0 Å². The fourth-order valence-corrected chi connectivity index (χ4v) is 1.03. The van der Waals surface area contributed by atoms with E-state index in [1.807, 2.05) is 12.1 Å². The summed E-state index contributed by atoms with van der Waals surface area (Å²) in [5.74, 6) is 0.222. The average Bonchev–Trinajstić information content (AvgIpc) is 2.08. The molecule has 0 spiro atoms. The lowest BCUT2D eigenvalue weighted by atomic mass is 10.2. The van der Waals surface area contributed by atoms with Crippen LogP contribution in [0, 0.1) is 0 Å². The minimum absolute atomic E-state index is 0.319. The fraction of sp³-hybridized carbons (Fsp3) is 0.100. The molecule has 0 aliphatic heterocycles. The van der Waals surface area contributed by atoms with Gasteiger partial charge in [-0.25, -0.2) is 0 Å². The number of halogens is 1. The number of esters is 1. The Hall–Kier alpha value is -1.28. The van der Waals surface area contributed by atoms with Crippen LogP contribution < -0.4 is 4.74 Å². The molecule has 0 saturated carbocycles. The summed E-state index contributed by atoms with van der Waals surface area (Å²) in [5.41, 5.74) is 2.40. The van der Waals surface area contributed by atoms with Crippen LogP contribution in [0.15, 0.2) is 29.8 Å². The molecule has 2 nitrogen and oxygen atoms in total. The van der Waals surface area contributed by atoms with Gasteiger partial charge in [0.05, 0.1) is 0 Å². The molecule has 0 aliphatic rings. The van der Waals surface area contributed by atoms with E-state index in [1.54, 1.807) is 18.2 Å². The molecule has 0 bridgehead atoms. The van der Waals surface area contributed by atoms with Gasteiger partial charge in [0.2, 0.25) is 0 Å². The molecule has 1 aromatic carbocycles. The lowest BCUT2D eigenvalue weighted by Crippen LogP contribution is -2.00. The van der Waals surface area contributed by atoms with Gasteiger partial charge in [0, 0.05) is 12.5 Å². The number of hydrogen-bond donors (Lipinski definition) is 0. The first-order chi connectivity index (χ1) is 6.22. The number of ether oxygens (including phenoxy) is 1. The molecule has 0 atom stereocenters. The highest BCUT2D eigenvalue weighted by Crippen LogP contribution is 2.13. The van der Waals surface area contributed by atoms with Crippen molar-refractivity contribution in [2.24, 2.45) is 0 Å². The first-order valence-corrected chi connectivity index (χ1v) is 4.21. The van der Waals surface area contributed by atoms with Gasteiger partial charge in [-0.05, 0) is 23.8 Å². The first-order valence-electron chi connectivity index (χ1n) is 3.77. The van der Waals surface area contributed by atoms with E-state index < -0.39 is 0 Å². The van der Waals surface area contributed by atoms with Gasteiger partial charge >= 0.3 is 5.97 Å². The van der Waals surface area contributed by atoms with Gasteiger partial charge in [-0.3, -0.25) is 4.79 Å². The molecule has 0 aliphatic carbocycles. The van der Waals surface area contributed by atoms with Crippen molar-refractivity contribution in [3.05, 3.63) is 35.4 Å². The lowest BCUT2D eigenvalue weighted by molar-refractivity contribution is -0.131. The van der Waals surface area contributed by atoms with Crippen molar-refractivity contribution in [1.82, 2.24) is 0 Å². The maximum absolute atomic E-state index is 10.6. The highest BCUT2D eigenvalue weighted by atomic mass is 35.5. The van der Waals surface area contributed by atoms with E-state index in [-0.39, 0.29) is 5.97 Å². The Bertz CT molecular complexity index is 314. The van der Waals surface area contributed by atoms with Crippen LogP contribution in [0.25, 0.3) is 6.08 Å². The van der Waals surface area contributed by atoms with Crippen molar-refractivity contribution >= 4 is 23.6 Å². The largest absolute Gasteiger partial charge is 0.427 e. The zero-order valence-electron chi connectivity index (χ0n) is 7.16. The van der Waals surface area contributed by atoms with E-state index in [0.29, 0.717) is 5.75 Å². The number of carbonyl (C=O) groups is 1. The Labute approximate surface area is 81.8 Å². The third-order valence-corrected chi connectivity index (χ3v) is 1.52. The fourth-order valence-electron chi connectivity index (χ4n) is 0.886. The Balaban J connectivity index is 2.75. The molecule has 0 saturated heterocycles. The minimum Gasteiger partial charge on any atom is -0.427 e. The van der Waals surface area contributed by atoms with Crippen molar-refractivity contribution < 1.29 is 9.53 Å². The van der Waals surface area contributed by atoms with Gasteiger partial charge in [-0.2, -0.15) is 0 Å². The third-order valence-electron chi connectivity index (χ3n) is 1.40. The lowest BCUT2D eigenvalue weighted by Gasteiger charge is -2.00. The monoisotopic (exact) mass is 196 g/mol. The second kappa shape index (κ2) is 4.67. The van der Waals surface area contributed by atoms with Crippen LogP contribution >= 0.6 is 11.6 Å². The van der Waals surface area contributed by atoms with Crippen LogP contribution in [0.1, 0.15) is 12.5 Å². The van der Waals surface area contributed by atoms with Crippen molar-refractivity contribution in [3.8, 4) is 5.75 Å². The second-order valence-electron chi connectivity index (χ2n) is 2.46. The molecule has 3 heteroatoms. The maximum atomic E-state index is 10.6. The Morgan fingerprint density at radius 2 is 2.00 bits per heavy atom. The van der Waals surface area contributed by atoms with Crippen LogP contribution in [0.3, 0.4) is 0 Å². The predicted molar refractivity (Wildman–Crippen MR) is 52.6 cm³/mol. The summed E-state index contributed by atoms with van der Waals surface area (Å²) >= 11 is 5.39. The number of carbonyl (C=O) groups excluding carboxylic acids is 1. The number of hydrogen-bond acceptors (Lipinski definition) is 2. The molecule has 0 aromatic heterocycles. The summed E-state index contributed by atoms with van der Waals surface area (Å²) in [4.78, 5) is 10.6. The standard InChI is InChI=1S/C10H9ClO2/c1-8(12)13-10-4-2-9(3-5-10)6-7-11/h2-7H,1H3/b7-6+. The Morgan fingerprint density at radius 1 is 1.38 bits per heavy atom. The summed E-state index contributed by atoms with van der Waals surface area (Å²) in [6.45, 7) is 1.37. The van der Waals surface area contributed by atoms with Gasteiger partial charge in [-0.1, -0.05) is 23.7 Å². The summed E-state index contributed by atoms with van der Waals surface area (Å²) in [5, 5.41) is 0. The summed E-state index contributed by atoms with van der Waals surface area (Å²) in [6.07, 6.45) is 1.75. The van der Waals surface area contributed by atoms with E-state index in [9.17, 15) is 4.79 Å². The van der Waals surface area contributed by atoms with E-state index in [2.05, 4.69) is 0 Å². The van der Waals surface area contributed by atoms with Crippen molar-refractivity contribution in [3.63, 3.8) is 0 Å². The number of rotatable bonds is 2. The summed E-state index contributed by atoms with van der Waals surface area (Å²) < 4.78 is 4.85. The molecule has 0 radical (unpaired) electrons. The maximum Gasteiger partial charge on any atom is 0.308 e. The smallest absolute Gasteiger partial charge is 0.308 e. The van der Waals surface area contributed by atoms with E-state index in [4.69, 9.17) is 16.3 Å². The van der Waals surface area contributed by atoms with Crippen LogP contribution in [0.2, 0.25) is 0 Å². The topological polar surface area (TPSA) is 26.3 Å². The zero-order chi connectivity index (χ0) is 9.68. The minimum atomic E-state index is -0.319. The van der Waals surface area contributed by atoms with E-state index in [0.717, 1.165) is 5.56 Å². The molecule has 0 unspecified atom stereocenters. The molecular formula is C10H9ClO2. The Morgan fingerprint density at radius 3 is 2.46 bits per heavy atom. The number of benzene rings is 1. The van der Waals surface area contributed by atoms with Gasteiger partial charge in [0.25, 0.3) is 0 Å². The molecule has 68 valence electrons. The summed E-state index contributed by atoms with van der Waals surface area (Å²) in [7, 11) is 0. The van der Waals surface area contributed by atoms with Gasteiger partial charge in [0.1, 0.15) is 5.75 Å². The van der Waals surface area contributed by atoms with Crippen LogP contribution in [-0.2, 0) is 4.79 Å². The van der Waals surface area contributed by atoms with Crippen molar-refractivity contribution in [1.29, 1.82) is 0 Å². The average molecular weight is 197 g/mol. The van der Waals surface area contributed by atoms with Gasteiger partial charge in [0.15, 0.2) is 0 Å². The van der Waals surface area contributed by atoms with Crippen molar-refractivity contribution in [2.75, 3.05) is 0 Å². The first kappa shape index (κ1) is 9.81. The van der Waals surface area contributed by atoms with Gasteiger partial charge < -0.3 is 4.74 Å².